The quantitative estimate of drug-likeness (QED) is 0.501. The van der Waals surface area contributed by atoms with Crippen molar-refractivity contribution in [1.29, 1.82) is 0 Å². The van der Waals surface area contributed by atoms with Gasteiger partial charge in [0.1, 0.15) is 5.75 Å². The minimum Gasteiger partial charge on any atom is -0.495 e. The fourth-order valence-corrected chi connectivity index (χ4v) is 6.21. The molecule has 3 aromatic rings. The molecule has 0 aromatic heterocycles. The lowest BCUT2D eigenvalue weighted by Crippen LogP contribution is -2.29. The summed E-state index contributed by atoms with van der Waals surface area (Å²) in [5.41, 5.74) is 3.45. The molecule has 8 heteroatoms. The van der Waals surface area contributed by atoms with E-state index < -0.39 is 10.0 Å². The Morgan fingerprint density at radius 2 is 1.88 bits per heavy atom. The van der Waals surface area contributed by atoms with Gasteiger partial charge in [0.15, 0.2) is 11.5 Å². The van der Waals surface area contributed by atoms with E-state index in [4.69, 9.17) is 14.2 Å². The van der Waals surface area contributed by atoms with Crippen LogP contribution < -0.4 is 24.2 Å². The highest BCUT2D eigenvalue weighted by atomic mass is 32.2. The van der Waals surface area contributed by atoms with E-state index in [9.17, 15) is 8.42 Å². The number of ether oxygens (including phenoxy) is 3. The SMILES string of the molecule is COc1ccccc1NS(=O)(=O)c1ccc2c(c1)[C@H]1C=CC[C@H]1[C@@H](c1ccc3c(c1)OCO3)N2. The van der Waals surface area contributed by atoms with Gasteiger partial charge in [0.05, 0.1) is 23.7 Å². The number of sulfonamides is 1. The third-order valence-corrected chi connectivity index (χ3v) is 8.11. The molecule has 0 spiro atoms. The smallest absolute Gasteiger partial charge is 0.262 e. The summed E-state index contributed by atoms with van der Waals surface area (Å²) in [6.07, 6.45) is 5.28. The van der Waals surface area contributed by atoms with Crippen LogP contribution in [-0.4, -0.2) is 22.3 Å². The summed E-state index contributed by atoms with van der Waals surface area (Å²) in [6.45, 7) is 0.244. The average molecular weight is 477 g/mol. The second kappa shape index (κ2) is 7.99. The first kappa shape index (κ1) is 20.9. The Morgan fingerprint density at radius 3 is 2.76 bits per heavy atom. The van der Waals surface area contributed by atoms with Gasteiger partial charge in [0.25, 0.3) is 10.0 Å². The first-order valence-electron chi connectivity index (χ1n) is 11.2. The molecule has 0 unspecified atom stereocenters. The van der Waals surface area contributed by atoms with Gasteiger partial charge in [-0.15, -0.1) is 0 Å². The van der Waals surface area contributed by atoms with Gasteiger partial charge in [-0.1, -0.05) is 30.4 Å². The minimum absolute atomic E-state index is 0.0798. The Labute approximate surface area is 198 Å². The molecule has 0 amide bonds. The zero-order chi connectivity index (χ0) is 23.3. The predicted octanol–water partition coefficient (Wildman–Crippen LogP) is 5.05. The molecular weight excluding hydrogens is 452 g/mol. The summed E-state index contributed by atoms with van der Waals surface area (Å²) in [7, 11) is -2.28. The highest BCUT2D eigenvalue weighted by molar-refractivity contribution is 7.92. The molecule has 0 radical (unpaired) electrons. The fourth-order valence-electron chi connectivity index (χ4n) is 5.11. The van der Waals surface area contributed by atoms with Gasteiger partial charge in [0.2, 0.25) is 6.79 Å². The average Bonchev–Trinajstić information content (AvgIpc) is 3.53. The molecule has 0 saturated heterocycles. The molecule has 1 aliphatic carbocycles. The number of nitrogens with one attached hydrogen (secondary N) is 2. The summed E-state index contributed by atoms with van der Waals surface area (Å²) in [5.74, 6) is 2.38. The molecule has 174 valence electrons. The van der Waals surface area contributed by atoms with Crippen molar-refractivity contribution in [2.45, 2.75) is 23.3 Å². The Kier molecular flexibility index (Phi) is 4.91. The lowest BCUT2D eigenvalue weighted by atomic mass is 9.77. The molecule has 6 rings (SSSR count). The number of methoxy groups -OCH3 is 1. The van der Waals surface area contributed by atoms with Gasteiger partial charge >= 0.3 is 0 Å². The van der Waals surface area contributed by atoms with Crippen LogP contribution in [-0.2, 0) is 10.0 Å². The van der Waals surface area contributed by atoms with Gasteiger partial charge in [-0.3, -0.25) is 4.72 Å². The van der Waals surface area contributed by atoms with Crippen LogP contribution in [0, 0.1) is 5.92 Å². The second-order valence-corrected chi connectivity index (χ2v) is 10.3. The Bertz CT molecular complexity index is 1400. The number of para-hydroxylation sites is 2. The van der Waals surface area contributed by atoms with Crippen LogP contribution in [0.15, 0.2) is 77.7 Å². The van der Waals surface area contributed by atoms with Crippen LogP contribution >= 0.6 is 0 Å². The third-order valence-electron chi connectivity index (χ3n) is 6.75. The van der Waals surface area contributed by atoms with E-state index in [1.165, 1.54) is 7.11 Å². The summed E-state index contributed by atoms with van der Waals surface area (Å²) < 4.78 is 45.4. The zero-order valence-electron chi connectivity index (χ0n) is 18.5. The van der Waals surface area contributed by atoms with Crippen LogP contribution in [0.2, 0.25) is 0 Å². The van der Waals surface area contributed by atoms with E-state index >= 15 is 0 Å². The van der Waals surface area contributed by atoms with Crippen LogP contribution in [0.5, 0.6) is 17.2 Å². The fraction of sp³-hybridized carbons (Fsp3) is 0.231. The van der Waals surface area contributed by atoms with E-state index in [0.29, 0.717) is 11.4 Å². The first-order valence-corrected chi connectivity index (χ1v) is 12.6. The van der Waals surface area contributed by atoms with Gasteiger partial charge in [-0.05, 0) is 65.9 Å². The van der Waals surface area contributed by atoms with Crippen molar-refractivity contribution in [3.8, 4) is 17.2 Å². The molecule has 0 saturated carbocycles. The van der Waals surface area contributed by atoms with Gasteiger partial charge in [-0.25, -0.2) is 8.42 Å². The van der Waals surface area contributed by atoms with Gasteiger partial charge in [0, 0.05) is 11.6 Å². The predicted molar refractivity (Wildman–Crippen MR) is 129 cm³/mol. The Morgan fingerprint density at radius 1 is 1.03 bits per heavy atom. The van der Waals surface area contributed by atoms with E-state index in [0.717, 1.165) is 34.7 Å². The molecule has 0 fully saturated rings. The van der Waals surface area contributed by atoms with Crippen molar-refractivity contribution in [1.82, 2.24) is 0 Å². The molecule has 34 heavy (non-hydrogen) atoms. The molecule has 7 nitrogen and oxygen atoms in total. The van der Waals surface area contributed by atoms with Crippen molar-refractivity contribution in [3.63, 3.8) is 0 Å². The zero-order valence-corrected chi connectivity index (χ0v) is 19.3. The highest BCUT2D eigenvalue weighted by Crippen LogP contribution is 2.51. The molecular formula is C26H24N2O5S. The molecule has 2 aliphatic heterocycles. The van der Waals surface area contributed by atoms with E-state index in [-0.39, 0.29) is 29.6 Å². The standard InChI is InChI=1S/C26H24N2O5S/c1-31-23-8-3-2-7-22(23)28-34(29,30)17-10-11-21-20(14-17)18-5-4-6-19(18)26(27-21)16-9-12-24-25(13-16)33-15-32-24/h2-5,7-14,18-19,26-28H,6,15H2,1H3/t18-,19+,26+/m0/s1. The number of hydrogen-bond donors (Lipinski definition) is 2. The van der Waals surface area contributed by atoms with Crippen LogP contribution in [0.1, 0.15) is 29.5 Å². The third kappa shape index (κ3) is 3.45. The van der Waals surface area contributed by atoms with Gasteiger partial charge in [-0.2, -0.15) is 0 Å². The van der Waals surface area contributed by atoms with Crippen LogP contribution in [0.25, 0.3) is 0 Å². The van der Waals surface area contributed by atoms with E-state index in [2.05, 4.69) is 28.3 Å². The summed E-state index contributed by atoms with van der Waals surface area (Å²) in [4.78, 5) is 0.222. The Balaban J connectivity index is 1.34. The molecule has 0 bridgehead atoms. The summed E-state index contributed by atoms with van der Waals surface area (Å²) in [5, 5.41) is 3.65. The topological polar surface area (TPSA) is 85.9 Å². The summed E-state index contributed by atoms with van der Waals surface area (Å²) in [6, 6.07) is 18.4. The maximum atomic E-state index is 13.2. The number of anilines is 2. The Hall–Kier alpha value is -3.65. The molecule has 2 heterocycles. The number of hydrogen-bond acceptors (Lipinski definition) is 6. The number of fused-ring (bicyclic) bond motifs is 4. The molecule has 3 aliphatic rings. The van der Waals surface area contributed by atoms with Gasteiger partial charge < -0.3 is 19.5 Å². The monoisotopic (exact) mass is 476 g/mol. The molecule has 3 atom stereocenters. The number of benzene rings is 3. The highest BCUT2D eigenvalue weighted by Gasteiger charge is 2.39. The second-order valence-electron chi connectivity index (χ2n) is 8.64. The first-order chi connectivity index (χ1) is 16.5. The molecule has 3 aromatic carbocycles. The van der Waals surface area contributed by atoms with Crippen molar-refractivity contribution in [3.05, 3.63) is 83.9 Å². The molecule has 2 N–H and O–H groups in total. The van der Waals surface area contributed by atoms with Crippen molar-refractivity contribution < 1.29 is 22.6 Å². The largest absolute Gasteiger partial charge is 0.495 e. The van der Waals surface area contributed by atoms with Crippen LogP contribution in [0.4, 0.5) is 11.4 Å². The van der Waals surface area contributed by atoms with Crippen molar-refractivity contribution in [2.75, 3.05) is 23.9 Å². The summed E-state index contributed by atoms with van der Waals surface area (Å²) >= 11 is 0. The maximum Gasteiger partial charge on any atom is 0.262 e. The number of rotatable bonds is 5. The van der Waals surface area contributed by atoms with Crippen molar-refractivity contribution in [2.24, 2.45) is 5.92 Å². The van der Waals surface area contributed by atoms with Crippen LogP contribution in [0.3, 0.4) is 0 Å². The minimum atomic E-state index is -3.79. The normalized spacial score (nSPS) is 22.0. The lowest BCUT2D eigenvalue weighted by molar-refractivity contribution is 0.174. The number of allylic oxidation sites excluding steroid dienone is 2. The van der Waals surface area contributed by atoms with E-state index in [1.807, 2.05) is 18.2 Å². The lowest BCUT2D eigenvalue weighted by Gasteiger charge is -2.37. The van der Waals surface area contributed by atoms with E-state index in [1.54, 1.807) is 36.4 Å². The van der Waals surface area contributed by atoms with Crippen molar-refractivity contribution >= 4 is 21.4 Å². The maximum absolute atomic E-state index is 13.2.